The highest BCUT2D eigenvalue weighted by molar-refractivity contribution is 5.28. The van der Waals surface area contributed by atoms with Crippen LogP contribution in [0.25, 0.3) is 0 Å². The Bertz CT molecular complexity index is 633. The Kier molecular flexibility index (Phi) is 4.11. The average Bonchev–Trinajstić information content (AvgIpc) is 3.06. The van der Waals surface area contributed by atoms with Crippen molar-refractivity contribution in [3.05, 3.63) is 35.5 Å². The zero-order valence-electron chi connectivity index (χ0n) is 13.3. The van der Waals surface area contributed by atoms with Crippen molar-refractivity contribution in [1.29, 1.82) is 0 Å². The molecule has 22 heavy (non-hydrogen) atoms. The molecule has 1 aliphatic heterocycles. The summed E-state index contributed by atoms with van der Waals surface area (Å²) in [4.78, 5) is 4.88. The third-order valence-corrected chi connectivity index (χ3v) is 4.22. The lowest BCUT2D eigenvalue weighted by molar-refractivity contribution is 0.0844. The molecule has 2 aromatic rings. The van der Waals surface area contributed by atoms with Crippen LogP contribution in [0, 0.1) is 0 Å². The molecule has 0 unspecified atom stereocenters. The highest BCUT2D eigenvalue weighted by Crippen LogP contribution is 2.32. The van der Waals surface area contributed by atoms with Crippen LogP contribution in [0.5, 0.6) is 0 Å². The molecule has 1 fully saturated rings. The van der Waals surface area contributed by atoms with Crippen molar-refractivity contribution < 1.29 is 9.15 Å². The first-order chi connectivity index (χ1) is 10.6. The van der Waals surface area contributed by atoms with Gasteiger partial charge in [0, 0.05) is 31.9 Å². The summed E-state index contributed by atoms with van der Waals surface area (Å²) < 4.78 is 11.1. The maximum atomic E-state index is 5.64. The number of ether oxygens (including phenoxy) is 1. The lowest BCUT2D eigenvalue weighted by Crippen LogP contribution is -2.23. The fraction of sp³-hybridized carbons (Fsp3) is 0.562. The minimum atomic E-state index is -0.427. The molecule has 0 radical (unpaired) electrons. The fourth-order valence-electron chi connectivity index (χ4n) is 2.71. The normalized spacial score (nSPS) is 16.7. The lowest BCUT2D eigenvalue weighted by atomic mass is 9.87. The summed E-state index contributed by atoms with van der Waals surface area (Å²) in [6.45, 7) is 5.73. The first-order valence-corrected chi connectivity index (χ1v) is 7.68. The zero-order valence-corrected chi connectivity index (χ0v) is 13.3. The zero-order chi connectivity index (χ0) is 15.6. The largest absolute Gasteiger partial charge is 0.407 e. The molecule has 6 nitrogen and oxygen atoms in total. The van der Waals surface area contributed by atoms with Gasteiger partial charge in [-0.1, -0.05) is 11.2 Å². The summed E-state index contributed by atoms with van der Waals surface area (Å²) in [6.07, 6.45) is 2.06. The molecule has 0 saturated carbocycles. The number of hydrogen-bond donors (Lipinski definition) is 1. The predicted octanol–water partition coefficient (Wildman–Crippen LogP) is 2.73. The number of pyridine rings is 1. The summed E-state index contributed by atoms with van der Waals surface area (Å²) in [5.74, 6) is 1.04. The molecule has 118 valence electrons. The second kappa shape index (κ2) is 6.04. The van der Waals surface area contributed by atoms with Gasteiger partial charge in [-0.25, -0.2) is 0 Å². The van der Waals surface area contributed by atoms with Crippen molar-refractivity contribution in [3.63, 3.8) is 0 Å². The van der Waals surface area contributed by atoms with Gasteiger partial charge in [0.2, 0.25) is 5.89 Å². The van der Waals surface area contributed by atoms with E-state index in [0.717, 1.165) is 37.4 Å². The second-order valence-electron chi connectivity index (χ2n) is 6.12. The van der Waals surface area contributed by atoms with E-state index in [1.807, 2.05) is 6.07 Å². The van der Waals surface area contributed by atoms with Gasteiger partial charge in [0.25, 0.3) is 0 Å². The van der Waals surface area contributed by atoms with Gasteiger partial charge in [-0.3, -0.25) is 4.98 Å². The van der Waals surface area contributed by atoms with Gasteiger partial charge in [0.1, 0.15) is 0 Å². The van der Waals surface area contributed by atoms with Crippen LogP contribution in [0.15, 0.2) is 22.6 Å². The molecule has 0 aromatic carbocycles. The van der Waals surface area contributed by atoms with Crippen molar-refractivity contribution in [2.24, 2.45) is 0 Å². The summed E-state index contributed by atoms with van der Waals surface area (Å²) in [5.41, 5.74) is 1.65. The first-order valence-electron chi connectivity index (χ1n) is 7.68. The van der Waals surface area contributed by atoms with Crippen molar-refractivity contribution in [2.45, 2.75) is 38.0 Å². The predicted molar refractivity (Wildman–Crippen MR) is 83.0 cm³/mol. The van der Waals surface area contributed by atoms with Crippen LogP contribution >= 0.6 is 0 Å². The first kappa shape index (κ1) is 15.0. The number of nitrogens with zero attached hydrogens (tertiary/aromatic N) is 3. The van der Waals surface area contributed by atoms with Gasteiger partial charge in [0.15, 0.2) is 0 Å². The molecule has 3 heterocycles. The fourth-order valence-corrected chi connectivity index (χ4v) is 2.71. The van der Waals surface area contributed by atoms with Crippen molar-refractivity contribution in [1.82, 2.24) is 15.2 Å². The number of nitrogens with one attached hydrogen (secondary N) is 1. The van der Waals surface area contributed by atoms with Gasteiger partial charge < -0.3 is 14.5 Å². The van der Waals surface area contributed by atoms with Crippen LogP contribution in [0.3, 0.4) is 0 Å². The van der Waals surface area contributed by atoms with Crippen LogP contribution in [-0.2, 0) is 10.2 Å². The highest BCUT2D eigenvalue weighted by Gasteiger charge is 2.32. The molecule has 6 heteroatoms. The Balaban J connectivity index is 1.89. The molecule has 0 bridgehead atoms. The van der Waals surface area contributed by atoms with E-state index in [2.05, 4.69) is 41.5 Å². The van der Waals surface area contributed by atoms with E-state index in [1.54, 1.807) is 7.05 Å². The minimum absolute atomic E-state index is 0.420. The Hall–Kier alpha value is -1.95. The molecule has 1 N–H and O–H groups in total. The van der Waals surface area contributed by atoms with E-state index < -0.39 is 5.41 Å². The van der Waals surface area contributed by atoms with Gasteiger partial charge in [0.05, 0.1) is 11.1 Å². The molecule has 3 rings (SSSR count). The number of aromatic nitrogens is 3. The average molecular weight is 302 g/mol. The second-order valence-corrected chi connectivity index (χ2v) is 6.12. The van der Waals surface area contributed by atoms with Crippen molar-refractivity contribution in [3.8, 4) is 0 Å². The Morgan fingerprint density at radius 1 is 1.18 bits per heavy atom. The molecule has 0 atom stereocenters. The van der Waals surface area contributed by atoms with Gasteiger partial charge in [-0.2, -0.15) is 0 Å². The van der Waals surface area contributed by atoms with Crippen molar-refractivity contribution in [2.75, 3.05) is 25.6 Å². The smallest absolute Gasteiger partial charge is 0.315 e. The van der Waals surface area contributed by atoms with E-state index in [1.165, 1.54) is 0 Å². The molecular weight excluding hydrogens is 280 g/mol. The van der Waals surface area contributed by atoms with Crippen LogP contribution < -0.4 is 5.32 Å². The maximum Gasteiger partial charge on any atom is 0.315 e. The highest BCUT2D eigenvalue weighted by atomic mass is 16.5. The van der Waals surface area contributed by atoms with Gasteiger partial charge in [-0.15, -0.1) is 5.10 Å². The van der Waals surface area contributed by atoms with E-state index in [9.17, 15) is 0 Å². The third-order valence-electron chi connectivity index (χ3n) is 4.22. The third kappa shape index (κ3) is 2.83. The number of hydrogen-bond acceptors (Lipinski definition) is 6. The SMILES string of the molecule is CNc1nnc(C(C)(C)c2cccc(C3CCOCC3)n2)o1. The maximum absolute atomic E-state index is 5.64. The minimum Gasteiger partial charge on any atom is -0.407 e. The number of anilines is 1. The Morgan fingerprint density at radius 3 is 2.64 bits per heavy atom. The molecule has 1 aliphatic rings. The summed E-state index contributed by atoms with van der Waals surface area (Å²) in [6, 6.07) is 6.60. The number of rotatable bonds is 4. The molecule has 0 spiro atoms. The molecule has 2 aromatic heterocycles. The van der Waals surface area contributed by atoms with Gasteiger partial charge >= 0.3 is 6.01 Å². The molecule has 1 saturated heterocycles. The summed E-state index contributed by atoms with van der Waals surface area (Å²) in [7, 11) is 1.76. The van der Waals surface area contributed by atoms with Crippen molar-refractivity contribution >= 4 is 6.01 Å². The van der Waals surface area contributed by atoms with Crippen LogP contribution in [0.4, 0.5) is 6.01 Å². The van der Waals surface area contributed by atoms with E-state index in [-0.39, 0.29) is 0 Å². The van der Waals surface area contributed by atoms with E-state index in [4.69, 9.17) is 14.1 Å². The Labute approximate surface area is 130 Å². The van der Waals surface area contributed by atoms with Crippen LogP contribution in [0.1, 0.15) is 49.9 Å². The topological polar surface area (TPSA) is 73.1 Å². The quantitative estimate of drug-likeness (QED) is 0.936. The lowest BCUT2D eigenvalue weighted by Gasteiger charge is -2.24. The molecular formula is C16H22N4O2. The van der Waals surface area contributed by atoms with E-state index in [0.29, 0.717) is 17.8 Å². The van der Waals surface area contributed by atoms with E-state index >= 15 is 0 Å². The van der Waals surface area contributed by atoms with Crippen LogP contribution in [-0.4, -0.2) is 35.4 Å². The monoisotopic (exact) mass is 302 g/mol. The Morgan fingerprint density at radius 2 is 1.95 bits per heavy atom. The molecule has 0 aliphatic carbocycles. The molecule has 0 amide bonds. The summed E-state index contributed by atoms with van der Waals surface area (Å²) in [5, 5.41) is 11.0. The van der Waals surface area contributed by atoms with Gasteiger partial charge in [-0.05, 0) is 38.8 Å². The standard InChI is InChI=1S/C16H22N4O2/c1-16(2,14-19-20-15(17-3)22-14)13-6-4-5-12(18-13)11-7-9-21-10-8-11/h4-6,11H,7-10H2,1-3H3,(H,17,20). The summed E-state index contributed by atoms with van der Waals surface area (Å²) >= 11 is 0. The van der Waals surface area contributed by atoms with Crippen LogP contribution in [0.2, 0.25) is 0 Å².